The van der Waals surface area contributed by atoms with Crippen LogP contribution in [-0.2, 0) is 11.2 Å². The first-order valence-corrected chi connectivity index (χ1v) is 9.28. The lowest BCUT2D eigenvalue weighted by Gasteiger charge is -2.22. The molecule has 2 aromatic rings. The molecular formula is C20H25ClN2O4. The molecule has 0 spiro atoms. The molecule has 146 valence electrons. The Morgan fingerprint density at radius 3 is 2.67 bits per heavy atom. The van der Waals surface area contributed by atoms with Gasteiger partial charge in [-0.15, -0.1) is 12.4 Å². The molecule has 1 amide bonds. The third-order valence-electron chi connectivity index (χ3n) is 5.54. The van der Waals surface area contributed by atoms with E-state index in [1.54, 1.807) is 13.0 Å². The maximum absolute atomic E-state index is 12.7. The third kappa shape index (κ3) is 3.82. The maximum Gasteiger partial charge on any atom is 0.336 e. The van der Waals surface area contributed by atoms with Crippen molar-refractivity contribution in [3.8, 4) is 5.75 Å². The first kappa shape index (κ1) is 19.7. The normalized spacial score (nSPS) is 22.4. The summed E-state index contributed by atoms with van der Waals surface area (Å²) in [4.78, 5) is 26.3. The average Bonchev–Trinajstić information content (AvgIpc) is 3.21. The quantitative estimate of drug-likeness (QED) is 0.808. The van der Waals surface area contributed by atoms with E-state index in [2.05, 4.69) is 5.32 Å². The van der Waals surface area contributed by atoms with Gasteiger partial charge in [-0.1, -0.05) is 6.92 Å². The summed E-state index contributed by atoms with van der Waals surface area (Å²) in [5.41, 5.74) is 1.07. The molecule has 7 heteroatoms. The predicted octanol–water partition coefficient (Wildman–Crippen LogP) is 2.22. The summed E-state index contributed by atoms with van der Waals surface area (Å²) < 4.78 is 11.2. The van der Waals surface area contributed by atoms with E-state index in [4.69, 9.17) is 9.15 Å². The Morgan fingerprint density at radius 1 is 1.30 bits per heavy atom. The van der Waals surface area contributed by atoms with Crippen LogP contribution in [0.2, 0.25) is 0 Å². The second-order valence-electron chi connectivity index (χ2n) is 7.28. The molecule has 2 aliphatic heterocycles. The lowest BCUT2D eigenvalue weighted by atomic mass is 10.0. The summed E-state index contributed by atoms with van der Waals surface area (Å²) in [6.45, 7) is 7.37. The van der Waals surface area contributed by atoms with Crippen LogP contribution in [0.25, 0.3) is 11.0 Å². The number of nitrogens with one attached hydrogen (secondary N) is 1. The van der Waals surface area contributed by atoms with Crippen LogP contribution in [0.15, 0.2) is 33.5 Å². The number of aryl methyl sites for hydroxylation is 1. The number of hydrogen-bond acceptors (Lipinski definition) is 5. The van der Waals surface area contributed by atoms with Gasteiger partial charge in [0, 0.05) is 43.7 Å². The topological polar surface area (TPSA) is 71.8 Å². The molecular weight excluding hydrogens is 368 g/mol. The van der Waals surface area contributed by atoms with Gasteiger partial charge in [-0.2, -0.15) is 0 Å². The summed E-state index contributed by atoms with van der Waals surface area (Å²) in [6, 6.07) is 6.93. The summed E-state index contributed by atoms with van der Waals surface area (Å²) in [5.74, 6) is 1.68. The minimum atomic E-state index is -0.569. The zero-order chi connectivity index (χ0) is 18.3. The third-order valence-corrected chi connectivity index (χ3v) is 5.54. The van der Waals surface area contributed by atoms with Gasteiger partial charge in [-0.3, -0.25) is 4.79 Å². The Balaban J connectivity index is 0.00000210. The second-order valence-corrected chi connectivity index (χ2v) is 7.28. The number of likely N-dealkylation sites (tertiary alicyclic amines) is 1. The Kier molecular flexibility index (Phi) is 5.77. The van der Waals surface area contributed by atoms with E-state index in [1.807, 2.05) is 24.0 Å². The zero-order valence-electron chi connectivity index (χ0n) is 15.6. The number of benzene rings is 1. The van der Waals surface area contributed by atoms with Crippen molar-refractivity contribution in [1.29, 1.82) is 0 Å². The van der Waals surface area contributed by atoms with E-state index in [0.717, 1.165) is 43.5 Å². The van der Waals surface area contributed by atoms with Crippen molar-refractivity contribution < 1.29 is 13.9 Å². The molecule has 4 rings (SSSR count). The molecule has 6 nitrogen and oxygen atoms in total. The largest absolute Gasteiger partial charge is 0.481 e. The van der Waals surface area contributed by atoms with Crippen LogP contribution in [0.5, 0.6) is 5.75 Å². The van der Waals surface area contributed by atoms with Gasteiger partial charge >= 0.3 is 5.63 Å². The molecule has 3 heterocycles. The van der Waals surface area contributed by atoms with Crippen molar-refractivity contribution in [1.82, 2.24) is 10.2 Å². The number of halogens is 1. The van der Waals surface area contributed by atoms with E-state index >= 15 is 0 Å². The fourth-order valence-electron chi connectivity index (χ4n) is 4.12. The number of nitrogens with zero attached hydrogens (tertiary/aromatic N) is 1. The molecule has 1 unspecified atom stereocenters. The number of carbonyl (C=O) groups is 1. The van der Waals surface area contributed by atoms with Gasteiger partial charge in [0.05, 0.1) is 0 Å². The van der Waals surface area contributed by atoms with Gasteiger partial charge in [0.15, 0.2) is 6.10 Å². The van der Waals surface area contributed by atoms with Crippen LogP contribution in [0, 0.1) is 11.8 Å². The van der Waals surface area contributed by atoms with Crippen LogP contribution < -0.4 is 15.7 Å². The number of fused-ring (bicyclic) bond motifs is 2. The van der Waals surface area contributed by atoms with Crippen molar-refractivity contribution in [2.24, 2.45) is 11.8 Å². The standard InChI is InChI=1S/C20H24N2O4.ClH/c1-3-13-6-19(23)26-18-7-16(4-5-17(13)18)25-12(2)20(24)22-10-14-8-21-9-15(14)11-22;/h4-7,12,14-15,21H,3,8-11H2,1-2H3;1H/t12?,14-,15+;. The Morgan fingerprint density at radius 2 is 2.00 bits per heavy atom. The Hall–Kier alpha value is -2.05. The lowest BCUT2D eigenvalue weighted by molar-refractivity contribution is -0.137. The minimum Gasteiger partial charge on any atom is -0.481 e. The maximum atomic E-state index is 12.7. The molecule has 0 radical (unpaired) electrons. The number of carbonyl (C=O) groups excluding carboxylic acids is 1. The highest BCUT2D eigenvalue weighted by Crippen LogP contribution is 2.28. The highest BCUT2D eigenvalue weighted by atomic mass is 35.5. The molecule has 2 aliphatic rings. The molecule has 0 saturated carbocycles. The molecule has 1 aromatic heterocycles. The van der Waals surface area contributed by atoms with Gasteiger partial charge in [0.25, 0.3) is 5.91 Å². The van der Waals surface area contributed by atoms with Crippen molar-refractivity contribution in [2.75, 3.05) is 26.2 Å². The highest BCUT2D eigenvalue weighted by Gasteiger charge is 2.39. The number of hydrogen-bond donors (Lipinski definition) is 1. The zero-order valence-corrected chi connectivity index (χ0v) is 16.4. The van der Waals surface area contributed by atoms with Gasteiger partial charge in [-0.25, -0.2) is 4.79 Å². The van der Waals surface area contributed by atoms with E-state index in [1.165, 1.54) is 6.07 Å². The lowest BCUT2D eigenvalue weighted by Crippen LogP contribution is -2.40. The van der Waals surface area contributed by atoms with Crippen LogP contribution >= 0.6 is 12.4 Å². The molecule has 0 aliphatic carbocycles. The van der Waals surface area contributed by atoms with E-state index in [-0.39, 0.29) is 23.9 Å². The fourth-order valence-corrected chi connectivity index (χ4v) is 4.12. The first-order chi connectivity index (χ1) is 12.5. The van der Waals surface area contributed by atoms with Gasteiger partial charge in [0.1, 0.15) is 11.3 Å². The smallest absolute Gasteiger partial charge is 0.336 e. The molecule has 3 atom stereocenters. The van der Waals surface area contributed by atoms with Gasteiger partial charge in [0.2, 0.25) is 0 Å². The molecule has 0 bridgehead atoms. The summed E-state index contributed by atoms with van der Waals surface area (Å²) >= 11 is 0. The van der Waals surface area contributed by atoms with Crippen LogP contribution in [-0.4, -0.2) is 43.1 Å². The van der Waals surface area contributed by atoms with Gasteiger partial charge in [-0.05, 0) is 42.9 Å². The predicted molar refractivity (Wildman–Crippen MR) is 106 cm³/mol. The molecule has 27 heavy (non-hydrogen) atoms. The number of rotatable bonds is 4. The van der Waals surface area contributed by atoms with Crippen molar-refractivity contribution >= 4 is 29.3 Å². The van der Waals surface area contributed by atoms with E-state index in [9.17, 15) is 9.59 Å². The average molecular weight is 393 g/mol. The fraction of sp³-hybridized carbons (Fsp3) is 0.500. The van der Waals surface area contributed by atoms with Crippen LogP contribution in [0.4, 0.5) is 0 Å². The highest BCUT2D eigenvalue weighted by molar-refractivity contribution is 5.85. The Bertz CT molecular complexity index is 885. The molecule has 1 aromatic carbocycles. The van der Waals surface area contributed by atoms with Crippen LogP contribution in [0.3, 0.4) is 0 Å². The summed E-state index contributed by atoms with van der Waals surface area (Å²) in [5, 5.41) is 4.28. The van der Waals surface area contributed by atoms with Gasteiger partial charge < -0.3 is 19.4 Å². The number of amides is 1. The summed E-state index contributed by atoms with van der Waals surface area (Å²) in [6.07, 6.45) is 0.184. The molecule has 2 saturated heterocycles. The minimum absolute atomic E-state index is 0. The molecule has 1 N–H and O–H groups in total. The molecule has 2 fully saturated rings. The van der Waals surface area contributed by atoms with Crippen LogP contribution in [0.1, 0.15) is 19.4 Å². The first-order valence-electron chi connectivity index (χ1n) is 9.28. The SMILES string of the molecule is CCc1cc(=O)oc2cc(OC(C)C(=O)N3C[C@H]4CNC[C@H]4C3)ccc12.Cl. The van der Waals surface area contributed by atoms with Crippen molar-refractivity contribution in [3.05, 3.63) is 40.2 Å². The number of ether oxygens (including phenoxy) is 1. The second kappa shape index (κ2) is 7.90. The van der Waals surface area contributed by atoms with E-state index < -0.39 is 6.10 Å². The van der Waals surface area contributed by atoms with E-state index in [0.29, 0.717) is 23.2 Å². The van der Waals surface area contributed by atoms with Crippen molar-refractivity contribution in [3.63, 3.8) is 0 Å². The monoisotopic (exact) mass is 392 g/mol. The van der Waals surface area contributed by atoms with Crippen molar-refractivity contribution in [2.45, 2.75) is 26.4 Å². The Labute approximate surface area is 164 Å². The summed E-state index contributed by atoms with van der Waals surface area (Å²) in [7, 11) is 0.